The summed E-state index contributed by atoms with van der Waals surface area (Å²) in [6, 6.07) is 3.10. The summed E-state index contributed by atoms with van der Waals surface area (Å²) in [5.41, 5.74) is 0.611. The highest BCUT2D eigenvalue weighted by Gasteiger charge is 2.00. The summed E-state index contributed by atoms with van der Waals surface area (Å²) in [5, 5.41) is 8.41. The number of carboxylic acid groups (broad SMARTS) is 1. The molecule has 1 aromatic heterocycles. The van der Waals surface area contributed by atoms with Gasteiger partial charge in [0, 0.05) is 12.3 Å². The van der Waals surface area contributed by atoms with Crippen LogP contribution in [0.5, 0.6) is 5.88 Å². The second kappa shape index (κ2) is 3.92. The number of rotatable bonds is 3. The first kappa shape index (κ1) is 8.80. The molecule has 1 aromatic rings. The van der Waals surface area contributed by atoms with E-state index in [1.165, 1.54) is 12.3 Å². The molecule has 0 aromatic carbocycles. The topological polar surface area (TPSA) is 59.4 Å². The minimum absolute atomic E-state index is 0.0461. The van der Waals surface area contributed by atoms with Gasteiger partial charge in [-0.1, -0.05) is 6.07 Å². The lowest BCUT2D eigenvalue weighted by Gasteiger charge is -1.96. The van der Waals surface area contributed by atoms with Crippen molar-refractivity contribution in [3.05, 3.63) is 23.9 Å². The molecule has 5 heteroatoms. The van der Waals surface area contributed by atoms with Crippen molar-refractivity contribution in [2.24, 2.45) is 0 Å². The zero-order valence-electron chi connectivity index (χ0n) is 6.03. The van der Waals surface area contributed by atoms with E-state index >= 15 is 0 Å². The van der Waals surface area contributed by atoms with Gasteiger partial charge in [-0.05, 0) is 5.56 Å². The Labute approximate surface area is 73.9 Å². The summed E-state index contributed by atoms with van der Waals surface area (Å²) in [6.45, 7) is 0. The molecular weight excluding hydrogens is 182 g/mol. The van der Waals surface area contributed by atoms with Gasteiger partial charge in [0.1, 0.15) is 11.9 Å². The van der Waals surface area contributed by atoms with E-state index in [1.54, 1.807) is 6.07 Å². The monoisotopic (exact) mass is 187 g/mol. The number of nitrogens with zero attached hydrogens (tertiary/aromatic N) is 1. The lowest BCUT2D eigenvalue weighted by atomic mass is 10.2. The van der Waals surface area contributed by atoms with Crippen LogP contribution in [0.1, 0.15) is 5.56 Å². The maximum atomic E-state index is 10.2. The fourth-order valence-corrected chi connectivity index (χ4v) is 0.827. The van der Waals surface area contributed by atoms with E-state index in [-0.39, 0.29) is 12.3 Å². The van der Waals surface area contributed by atoms with Crippen molar-refractivity contribution in [1.82, 2.24) is 4.98 Å². The second-order valence-corrected chi connectivity index (χ2v) is 2.31. The number of pyridine rings is 1. The van der Waals surface area contributed by atoms with Crippen molar-refractivity contribution in [3.63, 3.8) is 0 Å². The van der Waals surface area contributed by atoms with Gasteiger partial charge in [0.25, 0.3) is 0 Å². The molecule has 1 rings (SSSR count). The predicted octanol–water partition coefficient (Wildman–Crippen LogP) is 1.24. The van der Waals surface area contributed by atoms with Gasteiger partial charge in [-0.25, -0.2) is 4.98 Å². The zero-order chi connectivity index (χ0) is 8.97. The third kappa shape index (κ3) is 2.39. The van der Waals surface area contributed by atoms with Gasteiger partial charge >= 0.3 is 5.97 Å². The highest BCUT2D eigenvalue weighted by molar-refractivity contribution is 6.08. The highest BCUT2D eigenvalue weighted by atomic mass is 35.5. The Balaban J connectivity index is 2.71. The summed E-state index contributed by atoms with van der Waals surface area (Å²) in [6.07, 6.45) is 1.36. The Morgan fingerprint density at radius 3 is 2.83 bits per heavy atom. The fraction of sp³-hybridized carbons (Fsp3) is 0.143. The lowest BCUT2D eigenvalue weighted by molar-refractivity contribution is -0.136. The maximum Gasteiger partial charge on any atom is 0.307 e. The van der Waals surface area contributed by atoms with Crippen LogP contribution in [0.15, 0.2) is 18.3 Å². The fourth-order valence-electron chi connectivity index (χ4n) is 0.736. The third-order valence-corrected chi connectivity index (χ3v) is 1.39. The number of hydrogen-bond acceptors (Lipinski definition) is 3. The quantitative estimate of drug-likeness (QED) is 0.774. The van der Waals surface area contributed by atoms with Gasteiger partial charge in [0.15, 0.2) is 0 Å². The van der Waals surface area contributed by atoms with E-state index in [0.717, 1.165) is 0 Å². The Morgan fingerprint density at radius 1 is 1.67 bits per heavy atom. The van der Waals surface area contributed by atoms with E-state index in [1.807, 2.05) is 0 Å². The Bertz CT molecular complexity index is 272. The highest BCUT2D eigenvalue weighted by Crippen LogP contribution is 2.08. The molecule has 0 unspecified atom stereocenters. The van der Waals surface area contributed by atoms with E-state index in [2.05, 4.69) is 9.27 Å². The summed E-state index contributed by atoms with van der Waals surface area (Å²) in [5.74, 6) is -0.637. The van der Waals surface area contributed by atoms with Crippen molar-refractivity contribution in [2.75, 3.05) is 0 Å². The van der Waals surface area contributed by atoms with Crippen LogP contribution in [0, 0.1) is 0 Å². The molecule has 1 N–H and O–H groups in total. The van der Waals surface area contributed by atoms with E-state index in [9.17, 15) is 4.79 Å². The molecule has 0 fully saturated rings. The standard InChI is InChI=1S/C7H6ClNO3/c8-12-6-2-1-5(4-9-6)3-7(10)11/h1-2,4H,3H2,(H,10,11). The first-order valence-electron chi connectivity index (χ1n) is 3.17. The summed E-state index contributed by atoms with van der Waals surface area (Å²) in [4.78, 5) is 14.0. The van der Waals surface area contributed by atoms with Crippen LogP contribution in [0.2, 0.25) is 0 Å². The molecule has 0 aliphatic rings. The molecule has 0 bridgehead atoms. The molecule has 0 aliphatic heterocycles. The smallest absolute Gasteiger partial charge is 0.307 e. The number of aliphatic carboxylic acids is 1. The summed E-state index contributed by atoms with van der Waals surface area (Å²) in [7, 11) is 0. The van der Waals surface area contributed by atoms with Gasteiger partial charge in [-0.2, -0.15) is 0 Å². The van der Waals surface area contributed by atoms with Gasteiger partial charge in [0.05, 0.1) is 6.42 Å². The van der Waals surface area contributed by atoms with Crippen LogP contribution in [0.3, 0.4) is 0 Å². The molecule has 0 radical (unpaired) electrons. The van der Waals surface area contributed by atoms with Gasteiger partial charge in [0.2, 0.25) is 5.88 Å². The molecule has 1 heterocycles. The van der Waals surface area contributed by atoms with E-state index in [0.29, 0.717) is 5.56 Å². The van der Waals surface area contributed by atoms with Crippen LogP contribution in [-0.2, 0) is 11.2 Å². The van der Waals surface area contributed by atoms with Gasteiger partial charge in [-0.3, -0.25) is 4.79 Å². The average Bonchev–Trinajstić information content (AvgIpc) is 2.05. The average molecular weight is 188 g/mol. The summed E-state index contributed by atoms with van der Waals surface area (Å²) >= 11 is 5.01. The van der Waals surface area contributed by atoms with E-state index < -0.39 is 5.97 Å². The second-order valence-electron chi connectivity index (χ2n) is 2.15. The minimum Gasteiger partial charge on any atom is -0.481 e. The Kier molecular flexibility index (Phi) is 2.88. The zero-order valence-corrected chi connectivity index (χ0v) is 6.78. The number of halogens is 1. The lowest BCUT2D eigenvalue weighted by Crippen LogP contribution is -2.00. The molecule has 64 valence electrons. The van der Waals surface area contributed by atoms with Crippen LogP contribution in [0.4, 0.5) is 0 Å². The molecule has 4 nitrogen and oxygen atoms in total. The van der Waals surface area contributed by atoms with Gasteiger partial charge < -0.3 is 9.40 Å². The van der Waals surface area contributed by atoms with Crippen LogP contribution >= 0.6 is 11.9 Å². The molecular formula is C7H6ClNO3. The largest absolute Gasteiger partial charge is 0.481 e. The van der Waals surface area contributed by atoms with Crippen molar-refractivity contribution in [2.45, 2.75) is 6.42 Å². The maximum absolute atomic E-state index is 10.2. The molecule has 0 saturated carbocycles. The number of aromatic nitrogens is 1. The molecule has 0 aliphatic carbocycles. The van der Waals surface area contributed by atoms with E-state index in [4.69, 9.17) is 17.0 Å². The van der Waals surface area contributed by atoms with Crippen molar-refractivity contribution in [3.8, 4) is 5.88 Å². The number of hydrogen-bond donors (Lipinski definition) is 1. The van der Waals surface area contributed by atoms with Gasteiger partial charge in [-0.15, -0.1) is 0 Å². The third-order valence-electron chi connectivity index (χ3n) is 1.23. The Hall–Kier alpha value is -1.29. The predicted molar refractivity (Wildman–Crippen MR) is 42.1 cm³/mol. The molecule has 12 heavy (non-hydrogen) atoms. The van der Waals surface area contributed by atoms with Crippen molar-refractivity contribution >= 4 is 17.8 Å². The molecule has 0 spiro atoms. The molecule has 0 amide bonds. The number of carbonyl (C=O) groups is 1. The van der Waals surface area contributed by atoms with Crippen LogP contribution in [0.25, 0.3) is 0 Å². The molecule has 0 saturated heterocycles. The minimum atomic E-state index is -0.892. The summed E-state index contributed by atoms with van der Waals surface area (Å²) < 4.78 is 4.29. The van der Waals surface area contributed by atoms with Crippen LogP contribution < -0.4 is 4.29 Å². The SMILES string of the molecule is O=C(O)Cc1ccc(OCl)nc1. The first-order valence-corrected chi connectivity index (χ1v) is 3.48. The van der Waals surface area contributed by atoms with Crippen molar-refractivity contribution in [1.29, 1.82) is 0 Å². The first-order chi connectivity index (χ1) is 5.72. The van der Waals surface area contributed by atoms with Crippen LogP contribution in [-0.4, -0.2) is 16.1 Å². The molecule has 0 atom stereocenters. The Morgan fingerprint density at radius 2 is 2.42 bits per heavy atom. The van der Waals surface area contributed by atoms with Crippen molar-refractivity contribution < 1.29 is 14.2 Å². The number of carboxylic acids is 1. The normalized spacial score (nSPS) is 9.42.